The lowest BCUT2D eigenvalue weighted by Gasteiger charge is -2.40. The SMILES string of the molecule is CCCCC/C=C\C=C/CCCCCCCC(O)C(=O)NC(COC1OC(CO)C(O)C(O)C1O)C(O)C(O)CCCCCCCCCCCCCCCCCCCCCC. The minimum atomic E-state index is -1.66. The van der Waals surface area contributed by atoms with Crippen molar-refractivity contribution in [1.82, 2.24) is 5.32 Å². The van der Waals surface area contributed by atoms with Crippen LogP contribution in [0.2, 0.25) is 0 Å². The van der Waals surface area contributed by atoms with E-state index in [1.54, 1.807) is 0 Å². The summed E-state index contributed by atoms with van der Waals surface area (Å²) in [5, 5.41) is 75.8. The molecule has 9 unspecified atom stereocenters. The fraction of sp³-hybridized carbons (Fsp3) is 0.900. The first-order chi connectivity index (χ1) is 29.7. The van der Waals surface area contributed by atoms with E-state index >= 15 is 0 Å². The quantitative estimate of drug-likeness (QED) is 0.0217. The van der Waals surface area contributed by atoms with Crippen LogP contribution in [-0.4, -0.2) is 110 Å². The number of carbonyl (C=O) groups excluding carboxylic acids is 1. The zero-order valence-corrected chi connectivity index (χ0v) is 38.9. The molecule has 1 aliphatic rings. The molecule has 1 heterocycles. The van der Waals surface area contributed by atoms with E-state index in [4.69, 9.17) is 9.47 Å². The van der Waals surface area contributed by atoms with Crippen LogP contribution in [0.5, 0.6) is 0 Å². The van der Waals surface area contributed by atoms with Gasteiger partial charge in [-0.1, -0.05) is 205 Å². The first-order valence-electron chi connectivity index (χ1n) is 25.3. The van der Waals surface area contributed by atoms with Gasteiger partial charge in [-0.05, 0) is 38.5 Å². The summed E-state index contributed by atoms with van der Waals surface area (Å²) in [6.07, 6.45) is 33.6. The molecule has 9 atom stereocenters. The monoisotopic (exact) mass is 870 g/mol. The summed E-state index contributed by atoms with van der Waals surface area (Å²) < 4.78 is 11.1. The fourth-order valence-electron chi connectivity index (χ4n) is 8.08. The van der Waals surface area contributed by atoms with Gasteiger partial charge in [0.2, 0.25) is 5.91 Å². The molecule has 0 aromatic heterocycles. The summed E-state index contributed by atoms with van der Waals surface area (Å²) in [6.45, 7) is 3.42. The highest BCUT2D eigenvalue weighted by molar-refractivity contribution is 5.80. The molecular formula is C50H95NO10. The van der Waals surface area contributed by atoms with E-state index in [9.17, 15) is 40.5 Å². The standard InChI is InChI=1S/C50H95NO10/c1-3-5-7-9-11-13-15-17-19-20-21-22-23-24-26-27-29-31-33-35-37-42(53)45(55)41(40-60-50-48(58)47(57)46(56)44(39-52)61-50)51-49(59)43(54)38-36-34-32-30-28-25-18-16-14-12-10-8-6-4-2/h12,14,16,18,41-48,50,52-58H,3-11,13,15,17,19-40H2,1-2H3,(H,51,59)/b14-12-,18-16-. The predicted octanol–water partition coefficient (Wildman–Crippen LogP) is 9.01. The van der Waals surface area contributed by atoms with Gasteiger partial charge < -0.3 is 50.5 Å². The topological polar surface area (TPSA) is 189 Å². The molecule has 1 rings (SSSR count). The van der Waals surface area contributed by atoms with E-state index in [2.05, 4.69) is 43.5 Å². The Bertz CT molecular complexity index is 1040. The predicted molar refractivity (Wildman–Crippen MR) is 247 cm³/mol. The Kier molecular flexibility index (Phi) is 37.9. The van der Waals surface area contributed by atoms with Crippen molar-refractivity contribution in [2.24, 2.45) is 0 Å². The van der Waals surface area contributed by atoms with Crippen LogP contribution in [0.3, 0.4) is 0 Å². The minimum Gasteiger partial charge on any atom is -0.394 e. The first kappa shape index (κ1) is 57.6. The molecule has 0 saturated carbocycles. The number of amides is 1. The minimum absolute atomic E-state index is 0.243. The number of ether oxygens (including phenoxy) is 2. The Balaban J connectivity index is 2.40. The van der Waals surface area contributed by atoms with Crippen LogP contribution in [0, 0.1) is 0 Å². The number of unbranched alkanes of at least 4 members (excludes halogenated alkanes) is 27. The number of rotatable bonds is 42. The van der Waals surface area contributed by atoms with E-state index in [1.807, 2.05) is 0 Å². The van der Waals surface area contributed by atoms with Crippen LogP contribution >= 0.6 is 0 Å². The van der Waals surface area contributed by atoms with E-state index in [0.717, 1.165) is 57.8 Å². The summed E-state index contributed by atoms with van der Waals surface area (Å²) in [4.78, 5) is 13.1. The second-order valence-electron chi connectivity index (χ2n) is 17.9. The summed E-state index contributed by atoms with van der Waals surface area (Å²) in [7, 11) is 0. The van der Waals surface area contributed by atoms with Crippen molar-refractivity contribution < 1.29 is 50.0 Å². The van der Waals surface area contributed by atoms with E-state index in [0.29, 0.717) is 19.3 Å². The molecule has 0 aliphatic carbocycles. The van der Waals surface area contributed by atoms with Gasteiger partial charge in [0.05, 0.1) is 25.4 Å². The van der Waals surface area contributed by atoms with Crippen LogP contribution in [0.1, 0.15) is 219 Å². The molecule has 11 heteroatoms. The fourth-order valence-corrected chi connectivity index (χ4v) is 8.08. The van der Waals surface area contributed by atoms with Gasteiger partial charge in [0, 0.05) is 0 Å². The van der Waals surface area contributed by atoms with Gasteiger partial charge in [-0.3, -0.25) is 4.79 Å². The maximum atomic E-state index is 13.1. The van der Waals surface area contributed by atoms with Gasteiger partial charge in [0.1, 0.15) is 36.6 Å². The van der Waals surface area contributed by atoms with Crippen molar-refractivity contribution in [2.75, 3.05) is 13.2 Å². The molecule has 11 nitrogen and oxygen atoms in total. The van der Waals surface area contributed by atoms with Crippen LogP contribution in [-0.2, 0) is 14.3 Å². The van der Waals surface area contributed by atoms with Crippen molar-refractivity contribution in [3.05, 3.63) is 24.3 Å². The van der Waals surface area contributed by atoms with Gasteiger partial charge in [-0.15, -0.1) is 0 Å². The number of allylic oxidation sites excluding steroid dienone is 4. The van der Waals surface area contributed by atoms with Gasteiger partial charge in [-0.2, -0.15) is 0 Å². The number of carbonyl (C=O) groups is 1. The highest BCUT2D eigenvalue weighted by atomic mass is 16.7. The highest BCUT2D eigenvalue weighted by Crippen LogP contribution is 2.23. The lowest BCUT2D eigenvalue weighted by molar-refractivity contribution is -0.303. The van der Waals surface area contributed by atoms with E-state index in [1.165, 1.54) is 122 Å². The van der Waals surface area contributed by atoms with E-state index < -0.39 is 74.2 Å². The summed E-state index contributed by atoms with van der Waals surface area (Å²) in [5.74, 6) is -0.708. The Morgan fingerprint density at radius 3 is 1.46 bits per heavy atom. The molecule has 0 spiro atoms. The van der Waals surface area contributed by atoms with E-state index in [-0.39, 0.29) is 6.42 Å². The Morgan fingerprint density at radius 2 is 0.984 bits per heavy atom. The van der Waals surface area contributed by atoms with Gasteiger partial charge >= 0.3 is 0 Å². The van der Waals surface area contributed by atoms with Gasteiger partial charge in [-0.25, -0.2) is 0 Å². The maximum absolute atomic E-state index is 13.1. The summed E-state index contributed by atoms with van der Waals surface area (Å²) in [5.41, 5.74) is 0. The van der Waals surface area contributed by atoms with Crippen molar-refractivity contribution in [3.63, 3.8) is 0 Å². The molecule has 1 saturated heterocycles. The Labute approximate surface area is 372 Å². The first-order valence-corrected chi connectivity index (χ1v) is 25.3. The Morgan fingerprint density at radius 1 is 0.574 bits per heavy atom. The second-order valence-corrected chi connectivity index (χ2v) is 17.9. The molecule has 1 amide bonds. The molecule has 0 radical (unpaired) electrons. The van der Waals surface area contributed by atoms with Crippen LogP contribution in [0.4, 0.5) is 0 Å². The lowest BCUT2D eigenvalue weighted by atomic mass is 9.98. The summed E-state index contributed by atoms with van der Waals surface area (Å²) in [6, 6.07) is -1.17. The molecule has 1 aliphatic heterocycles. The normalized spacial score (nSPS) is 21.6. The Hall–Kier alpha value is -1.41. The van der Waals surface area contributed by atoms with Crippen molar-refractivity contribution in [1.29, 1.82) is 0 Å². The van der Waals surface area contributed by atoms with Crippen LogP contribution in [0.25, 0.3) is 0 Å². The molecule has 61 heavy (non-hydrogen) atoms. The zero-order valence-electron chi connectivity index (χ0n) is 38.9. The highest BCUT2D eigenvalue weighted by Gasteiger charge is 2.44. The molecule has 1 fully saturated rings. The zero-order chi connectivity index (χ0) is 44.8. The molecule has 0 aromatic rings. The lowest BCUT2D eigenvalue weighted by Crippen LogP contribution is -2.60. The van der Waals surface area contributed by atoms with Crippen molar-refractivity contribution >= 4 is 5.91 Å². The third-order valence-electron chi connectivity index (χ3n) is 12.3. The second kappa shape index (κ2) is 40.1. The number of aliphatic hydroxyl groups excluding tert-OH is 7. The van der Waals surface area contributed by atoms with Crippen molar-refractivity contribution in [3.8, 4) is 0 Å². The molecule has 0 aromatic carbocycles. The molecule has 8 N–H and O–H groups in total. The largest absolute Gasteiger partial charge is 0.394 e. The summed E-state index contributed by atoms with van der Waals surface area (Å²) >= 11 is 0. The van der Waals surface area contributed by atoms with Crippen LogP contribution in [0.15, 0.2) is 24.3 Å². The van der Waals surface area contributed by atoms with Gasteiger partial charge in [0.15, 0.2) is 6.29 Å². The molecule has 360 valence electrons. The smallest absolute Gasteiger partial charge is 0.249 e. The number of aliphatic hydroxyl groups is 7. The van der Waals surface area contributed by atoms with Crippen LogP contribution < -0.4 is 5.32 Å². The third kappa shape index (κ3) is 29.6. The molecule has 0 bridgehead atoms. The maximum Gasteiger partial charge on any atom is 0.249 e. The average molecular weight is 870 g/mol. The van der Waals surface area contributed by atoms with Gasteiger partial charge in [0.25, 0.3) is 0 Å². The third-order valence-corrected chi connectivity index (χ3v) is 12.3. The number of hydrogen-bond donors (Lipinski definition) is 8. The molecular weight excluding hydrogens is 775 g/mol. The average Bonchev–Trinajstić information content (AvgIpc) is 3.26. The number of nitrogens with one attached hydrogen (secondary N) is 1. The number of hydrogen-bond acceptors (Lipinski definition) is 10. The van der Waals surface area contributed by atoms with Crippen molar-refractivity contribution in [2.45, 2.75) is 274 Å².